The van der Waals surface area contributed by atoms with E-state index in [1.807, 2.05) is 0 Å². The number of rotatable bonds is 4. The van der Waals surface area contributed by atoms with Crippen molar-refractivity contribution in [3.63, 3.8) is 0 Å². The molecule has 1 aliphatic heterocycles. The van der Waals surface area contributed by atoms with Gasteiger partial charge in [0.05, 0.1) is 21.9 Å². The number of methoxy groups -OCH3 is 1. The lowest BCUT2D eigenvalue weighted by atomic mass is 10.1. The smallest absolute Gasteiger partial charge is 0.407 e. The summed E-state index contributed by atoms with van der Waals surface area (Å²) in [6.45, 7) is 1.06. The highest BCUT2D eigenvalue weighted by atomic mass is 35.5. The number of halogens is 1. The highest BCUT2D eigenvalue weighted by Crippen LogP contribution is 2.22. The summed E-state index contributed by atoms with van der Waals surface area (Å²) in [4.78, 5) is 24.7. The number of nitrogens with zero attached hydrogens (tertiary/aromatic N) is 1. The topological polar surface area (TPSA) is 78.9 Å². The van der Waals surface area contributed by atoms with Gasteiger partial charge in [0.2, 0.25) is 0 Å². The second-order valence-electron chi connectivity index (χ2n) is 4.54. The zero-order valence-electron chi connectivity index (χ0n) is 10.8. The highest BCUT2D eigenvalue weighted by molar-refractivity contribution is 7.17. The van der Waals surface area contributed by atoms with Crippen LogP contribution >= 0.6 is 22.9 Å². The van der Waals surface area contributed by atoms with Crippen molar-refractivity contribution in [1.82, 2.24) is 10.2 Å². The SMILES string of the molecule is CO[C@@H]1CN(C(=O)O)C[C@H]1CNC(=O)c1ccc(Cl)s1. The zero-order valence-corrected chi connectivity index (χ0v) is 12.4. The Bertz CT molecular complexity index is 507. The van der Waals surface area contributed by atoms with Crippen LogP contribution in [0.3, 0.4) is 0 Å². The van der Waals surface area contributed by atoms with E-state index in [0.29, 0.717) is 28.8 Å². The molecule has 0 unspecified atom stereocenters. The summed E-state index contributed by atoms with van der Waals surface area (Å²) < 4.78 is 5.83. The molecule has 20 heavy (non-hydrogen) atoms. The maximum atomic E-state index is 11.9. The second-order valence-corrected chi connectivity index (χ2v) is 6.25. The summed E-state index contributed by atoms with van der Waals surface area (Å²) in [5.74, 6) is -0.249. The van der Waals surface area contributed by atoms with Gasteiger partial charge in [0.1, 0.15) is 0 Å². The molecule has 0 aromatic carbocycles. The lowest BCUT2D eigenvalue weighted by Gasteiger charge is -2.16. The lowest BCUT2D eigenvalue weighted by Crippen LogP contribution is -2.34. The van der Waals surface area contributed by atoms with Crippen LogP contribution < -0.4 is 5.32 Å². The molecule has 1 aromatic rings. The van der Waals surface area contributed by atoms with Crippen LogP contribution in [0.15, 0.2) is 12.1 Å². The van der Waals surface area contributed by atoms with Crippen LogP contribution in [-0.2, 0) is 4.74 Å². The number of hydrogen-bond acceptors (Lipinski definition) is 4. The molecular formula is C12H15ClN2O4S. The summed E-state index contributed by atoms with van der Waals surface area (Å²) in [6.07, 6.45) is -1.16. The molecule has 110 valence electrons. The average Bonchev–Trinajstić information content (AvgIpc) is 3.01. The predicted octanol–water partition coefficient (Wildman–Crippen LogP) is 1.76. The first-order valence-electron chi connectivity index (χ1n) is 6.05. The van der Waals surface area contributed by atoms with Gasteiger partial charge < -0.3 is 20.1 Å². The fourth-order valence-corrected chi connectivity index (χ4v) is 3.17. The van der Waals surface area contributed by atoms with Crippen molar-refractivity contribution in [1.29, 1.82) is 0 Å². The Morgan fingerprint density at radius 2 is 2.30 bits per heavy atom. The first kappa shape index (κ1) is 15.1. The predicted molar refractivity (Wildman–Crippen MR) is 75.5 cm³/mol. The molecule has 2 heterocycles. The molecule has 6 nitrogen and oxygen atoms in total. The Labute approximate surface area is 125 Å². The van der Waals surface area contributed by atoms with E-state index < -0.39 is 6.09 Å². The molecule has 1 fully saturated rings. The number of carbonyl (C=O) groups excluding carboxylic acids is 1. The molecule has 8 heteroatoms. The van der Waals surface area contributed by atoms with E-state index in [2.05, 4.69) is 5.32 Å². The Balaban J connectivity index is 1.89. The van der Waals surface area contributed by atoms with Gasteiger partial charge >= 0.3 is 6.09 Å². The third kappa shape index (κ3) is 3.41. The highest BCUT2D eigenvalue weighted by Gasteiger charge is 2.35. The molecule has 0 aliphatic carbocycles. The van der Waals surface area contributed by atoms with Crippen molar-refractivity contribution in [3.8, 4) is 0 Å². The van der Waals surface area contributed by atoms with Gasteiger partial charge in [-0.15, -0.1) is 11.3 Å². The van der Waals surface area contributed by atoms with Crippen LogP contribution in [0.5, 0.6) is 0 Å². The van der Waals surface area contributed by atoms with Gasteiger partial charge in [0, 0.05) is 26.1 Å². The van der Waals surface area contributed by atoms with Gasteiger partial charge in [0.25, 0.3) is 5.91 Å². The van der Waals surface area contributed by atoms with Gasteiger partial charge in [-0.05, 0) is 12.1 Å². The van der Waals surface area contributed by atoms with Crippen molar-refractivity contribution in [2.24, 2.45) is 5.92 Å². The minimum Gasteiger partial charge on any atom is -0.465 e. The third-order valence-electron chi connectivity index (χ3n) is 3.28. The Kier molecular flexibility index (Phi) is 4.85. The van der Waals surface area contributed by atoms with Crippen LogP contribution in [0.25, 0.3) is 0 Å². The van der Waals surface area contributed by atoms with Crippen LogP contribution in [0.1, 0.15) is 9.67 Å². The second kappa shape index (κ2) is 6.43. The fraction of sp³-hybridized carbons (Fsp3) is 0.500. The van der Waals surface area contributed by atoms with Gasteiger partial charge in [0.15, 0.2) is 0 Å². The minimum atomic E-state index is -0.967. The van der Waals surface area contributed by atoms with Crippen molar-refractivity contribution in [2.75, 3.05) is 26.7 Å². The van der Waals surface area contributed by atoms with Gasteiger partial charge in [-0.3, -0.25) is 4.79 Å². The number of hydrogen-bond donors (Lipinski definition) is 2. The van der Waals surface area contributed by atoms with Crippen molar-refractivity contribution in [2.45, 2.75) is 6.10 Å². The first-order valence-corrected chi connectivity index (χ1v) is 7.25. The minimum absolute atomic E-state index is 0.0458. The number of carboxylic acid groups (broad SMARTS) is 1. The standard InChI is InChI=1S/C12H15ClN2O4S/c1-19-8-6-15(12(17)18)5-7(8)4-14-11(16)9-2-3-10(13)20-9/h2-3,7-8H,4-6H2,1H3,(H,14,16)(H,17,18)/t7-,8-/m1/s1. The summed E-state index contributed by atoms with van der Waals surface area (Å²) in [7, 11) is 1.55. The number of nitrogens with one attached hydrogen (secondary N) is 1. The van der Waals surface area contributed by atoms with E-state index in [9.17, 15) is 9.59 Å². The van der Waals surface area contributed by atoms with Crippen LogP contribution in [0.2, 0.25) is 4.34 Å². The van der Waals surface area contributed by atoms with E-state index in [-0.39, 0.29) is 17.9 Å². The van der Waals surface area contributed by atoms with Gasteiger partial charge in [-0.25, -0.2) is 4.79 Å². The number of likely N-dealkylation sites (tertiary alicyclic amines) is 1. The Hall–Kier alpha value is -1.31. The molecule has 0 bridgehead atoms. The number of carbonyl (C=O) groups is 2. The molecule has 2 rings (SSSR count). The van der Waals surface area contributed by atoms with Gasteiger partial charge in [-0.2, -0.15) is 0 Å². The molecule has 0 spiro atoms. The summed E-state index contributed by atoms with van der Waals surface area (Å²) >= 11 is 6.99. The maximum Gasteiger partial charge on any atom is 0.407 e. The number of amides is 2. The van der Waals surface area contributed by atoms with Crippen LogP contribution in [0.4, 0.5) is 4.79 Å². The molecule has 1 saturated heterocycles. The maximum absolute atomic E-state index is 11.9. The van der Waals surface area contributed by atoms with Gasteiger partial charge in [-0.1, -0.05) is 11.6 Å². The summed E-state index contributed by atoms with van der Waals surface area (Å²) in [5, 5.41) is 11.8. The third-order valence-corrected chi connectivity index (χ3v) is 4.51. The summed E-state index contributed by atoms with van der Waals surface area (Å²) in [5.41, 5.74) is 0. The molecular weight excluding hydrogens is 304 g/mol. The van der Waals surface area contributed by atoms with Crippen molar-refractivity contribution in [3.05, 3.63) is 21.3 Å². The van der Waals surface area contributed by atoms with E-state index >= 15 is 0 Å². The Morgan fingerprint density at radius 1 is 1.55 bits per heavy atom. The fourth-order valence-electron chi connectivity index (χ4n) is 2.21. The van der Waals surface area contributed by atoms with Crippen LogP contribution in [-0.4, -0.2) is 54.9 Å². The lowest BCUT2D eigenvalue weighted by molar-refractivity contribution is 0.0743. The van der Waals surface area contributed by atoms with E-state index in [1.165, 1.54) is 16.2 Å². The largest absolute Gasteiger partial charge is 0.465 e. The molecule has 1 aliphatic rings. The normalized spacial score (nSPS) is 22.0. The quantitative estimate of drug-likeness (QED) is 0.886. The molecule has 2 amide bonds. The van der Waals surface area contributed by atoms with E-state index in [4.69, 9.17) is 21.4 Å². The molecule has 1 aromatic heterocycles. The van der Waals surface area contributed by atoms with Crippen molar-refractivity contribution < 1.29 is 19.4 Å². The van der Waals surface area contributed by atoms with Crippen molar-refractivity contribution >= 4 is 34.9 Å². The first-order chi connectivity index (χ1) is 9.51. The monoisotopic (exact) mass is 318 g/mol. The number of thiophene rings is 1. The Morgan fingerprint density at radius 3 is 2.85 bits per heavy atom. The zero-order chi connectivity index (χ0) is 14.7. The molecule has 0 radical (unpaired) electrons. The van der Waals surface area contributed by atoms with E-state index in [0.717, 1.165) is 0 Å². The molecule has 2 N–H and O–H groups in total. The number of ether oxygens (including phenoxy) is 1. The van der Waals surface area contributed by atoms with E-state index in [1.54, 1.807) is 19.2 Å². The average molecular weight is 319 g/mol. The summed E-state index contributed by atoms with van der Waals surface area (Å²) in [6, 6.07) is 3.33. The molecule has 0 saturated carbocycles. The van der Waals surface area contributed by atoms with Crippen LogP contribution in [0, 0.1) is 5.92 Å². The molecule has 2 atom stereocenters.